The summed E-state index contributed by atoms with van der Waals surface area (Å²) in [7, 11) is 0. The second-order valence-corrected chi connectivity index (χ2v) is 4.22. The predicted octanol–water partition coefficient (Wildman–Crippen LogP) is 3.63. The zero-order chi connectivity index (χ0) is 13.7. The summed E-state index contributed by atoms with van der Waals surface area (Å²) in [4.78, 5) is 12.0. The summed E-state index contributed by atoms with van der Waals surface area (Å²) in [5.74, 6) is -0.148. The summed E-state index contributed by atoms with van der Waals surface area (Å²) in [6, 6.07) is 15.6. The van der Waals surface area contributed by atoms with Crippen LogP contribution in [0.5, 0.6) is 5.75 Å². The fourth-order valence-electron chi connectivity index (χ4n) is 1.62. The lowest BCUT2D eigenvalue weighted by Gasteiger charge is -2.08. The Labute approximate surface area is 116 Å². The minimum absolute atomic E-state index is 0.186. The molecule has 0 radical (unpaired) electrons. The number of rotatable bonds is 3. The van der Waals surface area contributed by atoms with Crippen molar-refractivity contribution in [3.63, 3.8) is 0 Å². The molecule has 0 fully saturated rings. The van der Waals surface area contributed by atoms with Crippen LogP contribution in [0.15, 0.2) is 48.5 Å². The van der Waals surface area contributed by atoms with Crippen LogP contribution in [0.25, 0.3) is 0 Å². The first-order valence-electron chi connectivity index (χ1n) is 5.64. The molecule has 19 heavy (non-hydrogen) atoms. The van der Waals surface area contributed by atoms with E-state index in [2.05, 4.69) is 0 Å². The van der Waals surface area contributed by atoms with Gasteiger partial charge in [-0.3, -0.25) is 0 Å². The maximum Gasteiger partial charge on any atom is 0.345 e. The zero-order valence-electron chi connectivity index (χ0n) is 9.97. The number of benzene rings is 2. The molecule has 0 heterocycles. The smallest absolute Gasteiger partial charge is 0.345 e. The van der Waals surface area contributed by atoms with E-state index >= 15 is 0 Å². The molecule has 0 amide bonds. The summed E-state index contributed by atoms with van der Waals surface area (Å²) in [6.07, 6.45) is 0.186. The molecule has 0 aliphatic heterocycles. The number of esters is 1. The van der Waals surface area contributed by atoms with Crippen LogP contribution in [0.3, 0.4) is 0 Å². The highest BCUT2D eigenvalue weighted by atomic mass is 35.5. The van der Waals surface area contributed by atoms with Crippen LogP contribution in [0.1, 0.15) is 15.9 Å². The number of nitrogens with zero attached hydrogens (tertiary/aromatic N) is 1. The molecule has 0 N–H and O–H groups in total. The highest BCUT2D eigenvalue weighted by molar-refractivity contribution is 6.33. The Hall–Kier alpha value is -2.31. The second-order valence-electron chi connectivity index (χ2n) is 3.81. The quantitative estimate of drug-likeness (QED) is 0.633. The molecule has 3 nitrogen and oxygen atoms in total. The largest absolute Gasteiger partial charge is 0.423 e. The van der Waals surface area contributed by atoms with E-state index in [0.717, 1.165) is 0 Å². The van der Waals surface area contributed by atoms with Gasteiger partial charge in [0.1, 0.15) is 5.75 Å². The Morgan fingerprint density at radius 1 is 1.16 bits per heavy atom. The number of para-hydroxylation sites is 1. The lowest BCUT2D eigenvalue weighted by atomic mass is 10.1. The van der Waals surface area contributed by atoms with Gasteiger partial charge in [-0.15, -0.1) is 0 Å². The van der Waals surface area contributed by atoms with Crippen LogP contribution in [0.4, 0.5) is 0 Å². The van der Waals surface area contributed by atoms with Crippen molar-refractivity contribution in [1.82, 2.24) is 0 Å². The molecule has 0 saturated heterocycles. The lowest BCUT2D eigenvalue weighted by molar-refractivity contribution is 0.0733. The third kappa shape index (κ3) is 3.12. The third-order valence-corrected chi connectivity index (χ3v) is 2.87. The van der Waals surface area contributed by atoms with Crippen molar-refractivity contribution in [1.29, 1.82) is 5.26 Å². The van der Waals surface area contributed by atoms with Crippen molar-refractivity contribution in [2.75, 3.05) is 0 Å². The van der Waals surface area contributed by atoms with Crippen LogP contribution in [0.2, 0.25) is 5.02 Å². The van der Waals surface area contributed by atoms with E-state index in [1.54, 1.807) is 48.5 Å². The number of nitriles is 1. The Balaban J connectivity index is 2.25. The van der Waals surface area contributed by atoms with Gasteiger partial charge in [-0.05, 0) is 18.2 Å². The SMILES string of the molecule is N#CCc1ccccc1OC(=O)c1ccccc1Cl. The molecular weight excluding hydrogens is 262 g/mol. The normalized spacial score (nSPS) is 9.68. The molecule has 0 saturated carbocycles. The highest BCUT2D eigenvalue weighted by Crippen LogP contribution is 2.22. The van der Waals surface area contributed by atoms with E-state index in [9.17, 15) is 4.79 Å². The molecule has 0 aromatic heterocycles. The molecule has 0 aliphatic carbocycles. The van der Waals surface area contributed by atoms with Crippen LogP contribution in [0, 0.1) is 11.3 Å². The fourth-order valence-corrected chi connectivity index (χ4v) is 1.83. The Bertz CT molecular complexity index is 647. The van der Waals surface area contributed by atoms with Gasteiger partial charge in [-0.2, -0.15) is 5.26 Å². The second kappa shape index (κ2) is 6.03. The molecule has 2 rings (SSSR count). The van der Waals surface area contributed by atoms with Crippen molar-refractivity contribution >= 4 is 17.6 Å². The minimum atomic E-state index is -0.531. The number of hydrogen-bond acceptors (Lipinski definition) is 3. The molecule has 0 bridgehead atoms. The van der Waals surface area contributed by atoms with Gasteiger partial charge in [0.15, 0.2) is 0 Å². The average molecular weight is 272 g/mol. The molecule has 2 aromatic carbocycles. The number of hydrogen-bond donors (Lipinski definition) is 0. The van der Waals surface area contributed by atoms with Gasteiger partial charge in [0.25, 0.3) is 0 Å². The topological polar surface area (TPSA) is 50.1 Å². The van der Waals surface area contributed by atoms with Crippen LogP contribution in [-0.4, -0.2) is 5.97 Å². The Morgan fingerprint density at radius 3 is 2.58 bits per heavy atom. The molecule has 94 valence electrons. The van der Waals surface area contributed by atoms with E-state index in [4.69, 9.17) is 21.6 Å². The molecule has 0 spiro atoms. The van der Waals surface area contributed by atoms with Crippen LogP contribution >= 0.6 is 11.6 Å². The fraction of sp³-hybridized carbons (Fsp3) is 0.0667. The van der Waals surface area contributed by atoms with E-state index in [0.29, 0.717) is 21.9 Å². The maximum atomic E-state index is 12.0. The first kappa shape index (κ1) is 13.1. The molecular formula is C15H10ClNO2. The maximum absolute atomic E-state index is 12.0. The van der Waals surface area contributed by atoms with E-state index in [1.165, 1.54) is 0 Å². The molecule has 0 atom stereocenters. The Morgan fingerprint density at radius 2 is 1.84 bits per heavy atom. The van der Waals surface area contributed by atoms with Gasteiger partial charge in [0, 0.05) is 5.56 Å². The van der Waals surface area contributed by atoms with Gasteiger partial charge in [0.05, 0.1) is 23.1 Å². The summed E-state index contributed by atoms with van der Waals surface area (Å²) in [5, 5.41) is 9.07. The monoisotopic (exact) mass is 271 g/mol. The molecule has 0 unspecified atom stereocenters. The van der Waals surface area contributed by atoms with E-state index < -0.39 is 5.97 Å². The van der Waals surface area contributed by atoms with E-state index in [1.807, 2.05) is 6.07 Å². The predicted molar refractivity (Wildman–Crippen MR) is 72.2 cm³/mol. The molecule has 2 aromatic rings. The van der Waals surface area contributed by atoms with Gasteiger partial charge in [0.2, 0.25) is 0 Å². The first-order valence-corrected chi connectivity index (χ1v) is 6.01. The van der Waals surface area contributed by atoms with Crippen molar-refractivity contribution in [3.05, 3.63) is 64.7 Å². The standard InChI is InChI=1S/C15H10ClNO2/c16-13-7-3-2-6-12(13)15(18)19-14-8-4-1-5-11(14)9-10-17/h1-8H,9H2. The minimum Gasteiger partial charge on any atom is -0.423 e. The summed E-state index contributed by atoms with van der Waals surface area (Å²) in [5.41, 5.74) is 0.973. The summed E-state index contributed by atoms with van der Waals surface area (Å²) >= 11 is 5.93. The number of carbonyl (C=O) groups excluding carboxylic acids is 1. The Kier molecular flexibility index (Phi) is 4.17. The third-order valence-electron chi connectivity index (χ3n) is 2.54. The van der Waals surface area contributed by atoms with Crippen molar-refractivity contribution in [2.45, 2.75) is 6.42 Å². The average Bonchev–Trinajstić information content (AvgIpc) is 2.41. The molecule has 4 heteroatoms. The van der Waals surface area contributed by atoms with Crippen molar-refractivity contribution in [3.8, 4) is 11.8 Å². The van der Waals surface area contributed by atoms with Gasteiger partial charge in [-0.25, -0.2) is 4.79 Å². The van der Waals surface area contributed by atoms with Crippen molar-refractivity contribution < 1.29 is 9.53 Å². The molecule has 0 aliphatic rings. The van der Waals surface area contributed by atoms with E-state index in [-0.39, 0.29) is 6.42 Å². The zero-order valence-corrected chi connectivity index (χ0v) is 10.7. The van der Waals surface area contributed by atoms with Crippen molar-refractivity contribution in [2.24, 2.45) is 0 Å². The summed E-state index contributed by atoms with van der Waals surface area (Å²) in [6.45, 7) is 0. The van der Waals surface area contributed by atoms with Crippen LogP contribution in [-0.2, 0) is 6.42 Å². The lowest BCUT2D eigenvalue weighted by Crippen LogP contribution is -2.10. The number of carbonyl (C=O) groups is 1. The number of ether oxygens (including phenoxy) is 1. The highest BCUT2D eigenvalue weighted by Gasteiger charge is 2.13. The first-order chi connectivity index (χ1) is 9.22. The summed E-state index contributed by atoms with van der Waals surface area (Å²) < 4.78 is 5.29. The number of halogens is 1. The van der Waals surface area contributed by atoms with Crippen LogP contribution < -0.4 is 4.74 Å². The van der Waals surface area contributed by atoms with Gasteiger partial charge in [-0.1, -0.05) is 41.9 Å². The van der Waals surface area contributed by atoms with Gasteiger partial charge < -0.3 is 4.74 Å². The van der Waals surface area contributed by atoms with Gasteiger partial charge >= 0.3 is 5.97 Å².